The largest absolute Gasteiger partial charge is 0.481 e. The monoisotopic (exact) mass is 479 g/mol. The number of nitrogens with one attached hydrogen (secondary N) is 4. The Bertz CT molecular complexity index is 1040. The van der Waals surface area contributed by atoms with Crippen molar-refractivity contribution in [1.29, 1.82) is 0 Å². The number of H-pyrrole nitrogens is 1. The molecule has 178 valence electrons. The number of carboxylic acid groups (broad SMARTS) is 2. The van der Waals surface area contributed by atoms with Crippen LogP contribution in [0.1, 0.15) is 12.0 Å². The number of carboxylic acids is 2. The molecule has 2 rings (SSSR count). The molecule has 0 aliphatic heterocycles. The normalized spacial score (nSPS) is 13.5. The van der Waals surface area contributed by atoms with Gasteiger partial charge in [-0.2, -0.15) is 12.6 Å². The predicted octanol–water partition coefficient (Wildman–Crippen LogP) is -1.39. The molecule has 3 amide bonds. The van der Waals surface area contributed by atoms with Crippen LogP contribution < -0.4 is 21.7 Å². The van der Waals surface area contributed by atoms with Gasteiger partial charge in [-0.1, -0.05) is 18.2 Å². The van der Waals surface area contributed by atoms with E-state index < -0.39 is 54.2 Å². The summed E-state index contributed by atoms with van der Waals surface area (Å²) >= 11 is 4.04. The van der Waals surface area contributed by atoms with Crippen LogP contribution >= 0.6 is 12.6 Å². The Balaban J connectivity index is 2.29. The Kier molecular flexibility index (Phi) is 9.24. The van der Waals surface area contributed by atoms with E-state index in [1.165, 1.54) is 0 Å². The first-order valence-electron chi connectivity index (χ1n) is 9.86. The zero-order valence-corrected chi connectivity index (χ0v) is 18.3. The highest BCUT2D eigenvalue weighted by Gasteiger charge is 2.30. The molecule has 3 unspecified atom stereocenters. The summed E-state index contributed by atoms with van der Waals surface area (Å²) in [5.74, 6) is -5.28. The fourth-order valence-electron chi connectivity index (χ4n) is 3.10. The fourth-order valence-corrected chi connectivity index (χ4v) is 3.35. The highest BCUT2D eigenvalue weighted by molar-refractivity contribution is 7.80. The SMILES string of the molecule is NCC(=O)NC(CS)C(=O)NC(Cc1c[nH]c2ccccc12)C(=O)NC(CC(=O)O)C(=O)O. The number of benzene rings is 1. The number of amides is 3. The molecule has 0 saturated carbocycles. The Morgan fingerprint density at radius 1 is 0.970 bits per heavy atom. The maximum absolute atomic E-state index is 12.9. The zero-order chi connectivity index (χ0) is 24.5. The van der Waals surface area contributed by atoms with Crippen molar-refractivity contribution in [1.82, 2.24) is 20.9 Å². The molecule has 33 heavy (non-hydrogen) atoms. The van der Waals surface area contributed by atoms with Crippen LogP contribution in [0.25, 0.3) is 10.9 Å². The van der Waals surface area contributed by atoms with Gasteiger partial charge in [0, 0.05) is 29.3 Å². The Morgan fingerprint density at radius 3 is 2.21 bits per heavy atom. The second-order valence-electron chi connectivity index (χ2n) is 7.13. The Hall–Kier alpha value is -3.58. The number of hydrogen-bond acceptors (Lipinski definition) is 7. The van der Waals surface area contributed by atoms with Gasteiger partial charge in [0.25, 0.3) is 0 Å². The summed E-state index contributed by atoms with van der Waals surface area (Å²) in [4.78, 5) is 62.6. The quantitative estimate of drug-likeness (QED) is 0.170. The third-order valence-electron chi connectivity index (χ3n) is 4.74. The van der Waals surface area contributed by atoms with Gasteiger partial charge in [-0.3, -0.25) is 19.2 Å². The van der Waals surface area contributed by atoms with Crippen LogP contribution in [0.3, 0.4) is 0 Å². The third-order valence-corrected chi connectivity index (χ3v) is 5.11. The molecule has 0 saturated heterocycles. The van der Waals surface area contributed by atoms with Gasteiger partial charge in [0.2, 0.25) is 17.7 Å². The Labute approximate surface area is 193 Å². The van der Waals surface area contributed by atoms with Crippen LogP contribution in [0.5, 0.6) is 0 Å². The standard InChI is InChI=1S/C20H25N5O7S/c21-7-16(26)23-15(9-33)19(30)24-13(18(29)25-14(20(31)32)6-17(27)28)5-10-8-22-12-4-2-1-3-11(10)12/h1-4,8,13-15,22,33H,5-7,9,21H2,(H,23,26)(H,24,30)(H,25,29)(H,27,28)(H,31,32). The van der Waals surface area contributed by atoms with Crippen LogP contribution in [-0.2, 0) is 30.4 Å². The second-order valence-corrected chi connectivity index (χ2v) is 7.49. The van der Waals surface area contributed by atoms with Gasteiger partial charge in [-0.25, -0.2) is 4.79 Å². The number of fused-ring (bicyclic) bond motifs is 1. The summed E-state index contributed by atoms with van der Waals surface area (Å²) in [7, 11) is 0. The number of carbonyl (C=O) groups excluding carboxylic acids is 3. The summed E-state index contributed by atoms with van der Waals surface area (Å²) in [6, 6.07) is 3.16. The van der Waals surface area contributed by atoms with Crippen LogP contribution in [0.15, 0.2) is 30.5 Å². The topological polar surface area (TPSA) is 204 Å². The molecule has 3 atom stereocenters. The predicted molar refractivity (Wildman–Crippen MR) is 121 cm³/mol. The van der Waals surface area contributed by atoms with Crippen molar-refractivity contribution in [3.05, 3.63) is 36.0 Å². The van der Waals surface area contributed by atoms with Gasteiger partial charge < -0.3 is 36.9 Å². The van der Waals surface area contributed by atoms with Gasteiger partial charge in [0.05, 0.1) is 13.0 Å². The number of nitrogens with two attached hydrogens (primary N) is 1. The average Bonchev–Trinajstić information content (AvgIpc) is 3.18. The molecule has 0 fully saturated rings. The molecule has 1 aromatic carbocycles. The number of aliphatic carboxylic acids is 2. The molecule has 0 aliphatic rings. The van der Waals surface area contributed by atoms with E-state index in [0.29, 0.717) is 5.56 Å². The van der Waals surface area contributed by atoms with Crippen LogP contribution in [0, 0.1) is 0 Å². The lowest BCUT2D eigenvalue weighted by Gasteiger charge is -2.23. The number of aromatic amines is 1. The first kappa shape index (κ1) is 25.7. The van der Waals surface area contributed by atoms with Crippen LogP contribution in [0.4, 0.5) is 0 Å². The average molecular weight is 480 g/mol. The lowest BCUT2D eigenvalue weighted by atomic mass is 10.0. The van der Waals surface area contributed by atoms with Gasteiger partial charge in [0.1, 0.15) is 18.1 Å². The molecule has 2 aromatic rings. The minimum Gasteiger partial charge on any atom is -0.481 e. The van der Waals surface area contributed by atoms with E-state index >= 15 is 0 Å². The van der Waals surface area contributed by atoms with Gasteiger partial charge in [-0.15, -0.1) is 0 Å². The number of rotatable bonds is 12. The highest BCUT2D eigenvalue weighted by Crippen LogP contribution is 2.19. The van der Waals surface area contributed by atoms with Crippen LogP contribution in [-0.4, -0.2) is 75.3 Å². The highest BCUT2D eigenvalue weighted by atomic mass is 32.1. The maximum Gasteiger partial charge on any atom is 0.326 e. The molecule has 0 radical (unpaired) electrons. The van der Waals surface area contributed by atoms with E-state index in [1.54, 1.807) is 18.3 Å². The number of thiol groups is 1. The first-order valence-corrected chi connectivity index (χ1v) is 10.5. The van der Waals surface area contributed by atoms with E-state index in [0.717, 1.165) is 10.9 Å². The van der Waals surface area contributed by atoms with E-state index in [1.807, 2.05) is 12.1 Å². The van der Waals surface area contributed by atoms with Gasteiger partial charge in [-0.05, 0) is 11.6 Å². The number of para-hydroxylation sites is 1. The molecule has 13 heteroatoms. The van der Waals surface area contributed by atoms with Crippen molar-refractivity contribution in [3.8, 4) is 0 Å². The van der Waals surface area contributed by atoms with Gasteiger partial charge in [0.15, 0.2) is 0 Å². The molecule has 8 N–H and O–H groups in total. The minimum atomic E-state index is -1.70. The van der Waals surface area contributed by atoms with Crippen molar-refractivity contribution in [3.63, 3.8) is 0 Å². The van der Waals surface area contributed by atoms with E-state index in [2.05, 4.69) is 33.6 Å². The third kappa shape index (κ3) is 7.22. The summed E-state index contributed by atoms with van der Waals surface area (Å²) in [5.41, 5.74) is 6.70. The van der Waals surface area contributed by atoms with Crippen molar-refractivity contribution in [2.45, 2.75) is 31.0 Å². The molecule has 0 aliphatic carbocycles. The van der Waals surface area contributed by atoms with Crippen molar-refractivity contribution >= 4 is 53.2 Å². The lowest BCUT2D eigenvalue weighted by molar-refractivity contribution is -0.147. The first-order chi connectivity index (χ1) is 15.7. The zero-order valence-electron chi connectivity index (χ0n) is 17.4. The van der Waals surface area contributed by atoms with E-state index in [4.69, 9.17) is 10.8 Å². The van der Waals surface area contributed by atoms with Crippen molar-refractivity contribution in [2.75, 3.05) is 12.3 Å². The second kappa shape index (κ2) is 11.9. The number of hydrogen-bond donors (Lipinski definition) is 8. The number of aromatic nitrogens is 1. The molecule has 1 heterocycles. The molecular weight excluding hydrogens is 454 g/mol. The van der Waals surface area contributed by atoms with E-state index in [-0.39, 0.29) is 18.7 Å². The number of carbonyl (C=O) groups is 5. The molecular formula is C20H25N5O7S. The summed E-state index contributed by atoms with van der Waals surface area (Å²) in [6.07, 6.45) is 0.765. The maximum atomic E-state index is 12.9. The summed E-state index contributed by atoms with van der Waals surface area (Å²) in [6.45, 7) is -0.355. The summed E-state index contributed by atoms with van der Waals surface area (Å²) < 4.78 is 0. The molecule has 12 nitrogen and oxygen atoms in total. The van der Waals surface area contributed by atoms with E-state index in [9.17, 15) is 29.1 Å². The minimum absolute atomic E-state index is 0.0366. The van der Waals surface area contributed by atoms with Crippen molar-refractivity contribution in [2.24, 2.45) is 5.73 Å². The summed E-state index contributed by atoms with van der Waals surface area (Å²) in [5, 5.41) is 26.0. The van der Waals surface area contributed by atoms with Crippen molar-refractivity contribution < 1.29 is 34.2 Å². The van der Waals surface area contributed by atoms with Gasteiger partial charge >= 0.3 is 11.9 Å². The molecule has 1 aromatic heterocycles. The Morgan fingerprint density at radius 2 is 1.61 bits per heavy atom. The lowest BCUT2D eigenvalue weighted by Crippen LogP contribution is -2.57. The molecule has 0 spiro atoms. The molecule has 0 bridgehead atoms. The smallest absolute Gasteiger partial charge is 0.326 e. The fraction of sp³-hybridized carbons (Fsp3) is 0.350. The van der Waals surface area contributed by atoms with Crippen LogP contribution in [0.2, 0.25) is 0 Å².